The van der Waals surface area contributed by atoms with Gasteiger partial charge < -0.3 is 15.4 Å². The maximum Gasteiger partial charge on any atom is 0.270 e. The monoisotopic (exact) mass is 419 g/mol. The second-order valence-electron chi connectivity index (χ2n) is 7.63. The molecule has 0 aliphatic heterocycles. The molecule has 28 heavy (non-hydrogen) atoms. The van der Waals surface area contributed by atoms with Crippen molar-refractivity contribution >= 4 is 35.0 Å². The number of carbonyl (C=O) groups excluding carboxylic acids is 2. The van der Waals surface area contributed by atoms with Gasteiger partial charge in [0.05, 0.1) is 10.0 Å². The third-order valence-electron chi connectivity index (χ3n) is 5.30. The Morgan fingerprint density at radius 2 is 1.82 bits per heavy atom. The topological polar surface area (TPSA) is 80.3 Å². The van der Waals surface area contributed by atoms with Crippen LogP contribution in [0.4, 0.5) is 0 Å². The van der Waals surface area contributed by atoms with E-state index in [4.69, 9.17) is 27.9 Å². The van der Waals surface area contributed by atoms with Crippen molar-refractivity contribution in [3.8, 4) is 5.75 Å². The van der Waals surface area contributed by atoms with E-state index < -0.39 is 0 Å². The lowest BCUT2D eigenvalue weighted by Gasteiger charge is -2.70. The summed E-state index contributed by atoms with van der Waals surface area (Å²) in [5, 5.41) is 6.89. The third kappa shape index (κ3) is 3.54. The number of ether oxygens (including phenoxy) is 1. The van der Waals surface area contributed by atoms with E-state index >= 15 is 0 Å². The maximum absolute atomic E-state index is 12.4. The molecule has 2 amide bonds. The molecule has 0 atom stereocenters. The number of nitrogens with zero attached hydrogens (tertiary/aromatic N) is 1. The van der Waals surface area contributed by atoms with Gasteiger partial charge in [-0.25, -0.2) is 0 Å². The minimum absolute atomic E-state index is 0.105. The molecule has 0 unspecified atom stereocenters. The Labute approximate surface area is 172 Å². The van der Waals surface area contributed by atoms with Crippen LogP contribution in [0.2, 0.25) is 10.0 Å². The molecule has 3 fully saturated rings. The molecular formula is C20H19Cl2N3O3. The minimum Gasteiger partial charge on any atom is -0.484 e. The van der Waals surface area contributed by atoms with Crippen LogP contribution in [0.1, 0.15) is 35.3 Å². The van der Waals surface area contributed by atoms with Crippen molar-refractivity contribution in [2.24, 2.45) is 0 Å². The molecule has 1 aromatic heterocycles. The molecule has 1 aromatic carbocycles. The molecule has 0 saturated heterocycles. The number of aryl methyl sites for hydroxylation is 1. The molecule has 3 aliphatic carbocycles. The average molecular weight is 420 g/mol. The highest BCUT2D eigenvalue weighted by Crippen LogP contribution is 2.60. The predicted molar refractivity (Wildman–Crippen MR) is 106 cm³/mol. The van der Waals surface area contributed by atoms with Crippen LogP contribution < -0.4 is 15.4 Å². The summed E-state index contributed by atoms with van der Waals surface area (Å²) in [6.07, 6.45) is 3.77. The summed E-state index contributed by atoms with van der Waals surface area (Å²) in [5.74, 6) is 0.114. The summed E-state index contributed by atoms with van der Waals surface area (Å²) >= 11 is 11.8. The van der Waals surface area contributed by atoms with Crippen molar-refractivity contribution in [3.05, 3.63) is 57.8 Å². The SMILES string of the molecule is Cc1cccnc1C(=O)NC12CC(NC(=O)COc3ccc(Cl)c(Cl)c3)(C1)C2. The van der Waals surface area contributed by atoms with Crippen LogP contribution >= 0.6 is 23.2 Å². The molecule has 0 spiro atoms. The number of pyridine rings is 1. The van der Waals surface area contributed by atoms with Gasteiger partial charge in [-0.2, -0.15) is 0 Å². The van der Waals surface area contributed by atoms with Gasteiger partial charge >= 0.3 is 0 Å². The van der Waals surface area contributed by atoms with Gasteiger partial charge in [0.1, 0.15) is 11.4 Å². The second kappa shape index (κ2) is 6.94. The van der Waals surface area contributed by atoms with E-state index in [1.54, 1.807) is 30.5 Å². The normalized spacial score (nSPS) is 24.5. The molecule has 3 saturated carbocycles. The van der Waals surface area contributed by atoms with Crippen LogP contribution in [-0.4, -0.2) is 34.5 Å². The van der Waals surface area contributed by atoms with Gasteiger partial charge in [-0.3, -0.25) is 14.6 Å². The molecule has 1 heterocycles. The van der Waals surface area contributed by atoms with E-state index in [0.717, 1.165) is 24.8 Å². The lowest BCUT2D eigenvalue weighted by atomic mass is 9.44. The lowest BCUT2D eigenvalue weighted by Crippen LogP contribution is -2.84. The lowest BCUT2D eigenvalue weighted by molar-refractivity contribution is -0.141. The van der Waals surface area contributed by atoms with Gasteiger partial charge in [-0.15, -0.1) is 0 Å². The summed E-state index contributed by atoms with van der Waals surface area (Å²) in [7, 11) is 0. The molecule has 3 aliphatic rings. The number of aromatic nitrogens is 1. The number of rotatable bonds is 6. The van der Waals surface area contributed by atoms with Gasteiger partial charge in [-0.1, -0.05) is 29.3 Å². The fourth-order valence-electron chi connectivity index (χ4n) is 4.12. The zero-order valence-electron chi connectivity index (χ0n) is 15.2. The highest BCUT2D eigenvalue weighted by Gasteiger charge is 2.69. The van der Waals surface area contributed by atoms with Crippen LogP contribution in [0.3, 0.4) is 0 Å². The Balaban J connectivity index is 1.25. The molecule has 146 valence electrons. The zero-order valence-corrected chi connectivity index (χ0v) is 16.7. The molecule has 2 N–H and O–H groups in total. The first kappa shape index (κ1) is 19.0. The van der Waals surface area contributed by atoms with Crippen LogP contribution in [0, 0.1) is 6.92 Å². The summed E-state index contributed by atoms with van der Waals surface area (Å²) in [5.41, 5.74) is 0.804. The number of benzene rings is 1. The number of hydrogen-bond donors (Lipinski definition) is 2. The number of hydrogen-bond acceptors (Lipinski definition) is 4. The molecule has 0 radical (unpaired) electrons. The standard InChI is InChI=1S/C20H19Cl2N3O3/c1-12-3-2-6-23-17(12)18(27)25-20-9-19(10-20,11-20)24-16(26)8-28-13-4-5-14(21)15(22)7-13/h2-7H,8-11H2,1H3,(H,24,26)(H,25,27). The Kier molecular flexibility index (Phi) is 4.71. The first-order chi connectivity index (χ1) is 13.3. The number of halogens is 2. The van der Waals surface area contributed by atoms with Gasteiger partial charge in [0.25, 0.3) is 11.8 Å². The van der Waals surface area contributed by atoms with Gasteiger partial charge in [0, 0.05) is 23.3 Å². The summed E-state index contributed by atoms with van der Waals surface area (Å²) in [4.78, 5) is 28.8. The largest absolute Gasteiger partial charge is 0.484 e. The minimum atomic E-state index is -0.246. The fraction of sp³-hybridized carbons (Fsp3) is 0.350. The molecule has 6 nitrogen and oxygen atoms in total. The first-order valence-electron chi connectivity index (χ1n) is 8.93. The van der Waals surface area contributed by atoms with Gasteiger partial charge in [-0.05, 0) is 49.9 Å². The van der Waals surface area contributed by atoms with E-state index in [9.17, 15) is 9.59 Å². The van der Waals surface area contributed by atoms with Crippen molar-refractivity contribution in [2.75, 3.05) is 6.61 Å². The highest BCUT2D eigenvalue weighted by molar-refractivity contribution is 6.42. The second-order valence-corrected chi connectivity index (χ2v) is 8.44. The van der Waals surface area contributed by atoms with Crippen molar-refractivity contribution in [1.29, 1.82) is 0 Å². The molecule has 2 bridgehead atoms. The van der Waals surface area contributed by atoms with Gasteiger partial charge in [0.15, 0.2) is 6.61 Å². The fourth-order valence-corrected chi connectivity index (χ4v) is 4.41. The molecule has 2 aromatic rings. The number of nitrogens with one attached hydrogen (secondary N) is 2. The van der Waals surface area contributed by atoms with E-state index in [1.807, 2.05) is 13.0 Å². The highest BCUT2D eigenvalue weighted by atomic mass is 35.5. The van der Waals surface area contributed by atoms with Crippen LogP contribution in [0.15, 0.2) is 36.5 Å². The molecular weight excluding hydrogens is 401 g/mol. The molecule has 8 heteroatoms. The van der Waals surface area contributed by atoms with E-state index in [0.29, 0.717) is 21.5 Å². The Bertz CT molecular complexity index is 944. The number of amides is 2. The maximum atomic E-state index is 12.4. The van der Waals surface area contributed by atoms with E-state index in [2.05, 4.69) is 15.6 Å². The van der Waals surface area contributed by atoms with Gasteiger partial charge in [0.2, 0.25) is 0 Å². The van der Waals surface area contributed by atoms with Crippen molar-refractivity contribution in [2.45, 2.75) is 37.3 Å². The Morgan fingerprint density at radius 3 is 2.50 bits per heavy atom. The Morgan fingerprint density at radius 1 is 1.11 bits per heavy atom. The zero-order chi connectivity index (χ0) is 19.9. The Hall–Kier alpha value is -2.31. The van der Waals surface area contributed by atoms with Crippen molar-refractivity contribution in [1.82, 2.24) is 15.6 Å². The van der Waals surface area contributed by atoms with Crippen molar-refractivity contribution in [3.63, 3.8) is 0 Å². The third-order valence-corrected chi connectivity index (χ3v) is 6.04. The summed E-state index contributed by atoms with van der Waals surface area (Å²) in [6, 6.07) is 8.51. The van der Waals surface area contributed by atoms with E-state index in [1.165, 1.54) is 0 Å². The first-order valence-corrected chi connectivity index (χ1v) is 9.68. The predicted octanol–water partition coefficient (Wildman–Crippen LogP) is 3.30. The van der Waals surface area contributed by atoms with Crippen LogP contribution in [0.25, 0.3) is 0 Å². The van der Waals surface area contributed by atoms with Crippen molar-refractivity contribution < 1.29 is 14.3 Å². The van der Waals surface area contributed by atoms with E-state index in [-0.39, 0.29) is 29.5 Å². The quantitative estimate of drug-likeness (QED) is 0.752. The molecule has 5 rings (SSSR count). The van der Waals surface area contributed by atoms with Crippen LogP contribution in [-0.2, 0) is 4.79 Å². The number of carbonyl (C=O) groups is 2. The smallest absolute Gasteiger partial charge is 0.270 e. The van der Waals surface area contributed by atoms with Crippen LogP contribution in [0.5, 0.6) is 5.75 Å². The summed E-state index contributed by atoms with van der Waals surface area (Å²) in [6.45, 7) is 1.76. The average Bonchev–Trinajstić information content (AvgIpc) is 2.60. The summed E-state index contributed by atoms with van der Waals surface area (Å²) < 4.78 is 5.46.